The molecule has 2 aromatic rings. The van der Waals surface area contributed by atoms with Gasteiger partial charge >= 0.3 is 0 Å². The number of hydrogen-bond donors (Lipinski definition) is 1. The van der Waals surface area contributed by atoms with Crippen molar-refractivity contribution < 1.29 is 18.3 Å². The second kappa shape index (κ2) is 8.00. The molecule has 1 saturated heterocycles. The van der Waals surface area contributed by atoms with E-state index in [0.29, 0.717) is 4.47 Å². The molecular weight excluding hydrogens is 432 g/mol. The second-order valence-corrected chi connectivity index (χ2v) is 9.40. The zero-order chi connectivity index (χ0) is 19.6. The lowest BCUT2D eigenvalue weighted by atomic mass is 10.1. The average molecular weight is 453 g/mol. The quantitative estimate of drug-likeness (QED) is 0.773. The Labute approximate surface area is 167 Å². The van der Waals surface area contributed by atoms with E-state index in [-0.39, 0.29) is 49.2 Å². The Hall–Kier alpha value is -1.90. The summed E-state index contributed by atoms with van der Waals surface area (Å²) in [5, 5.41) is 10.2. The third-order valence-electron chi connectivity index (χ3n) is 4.55. The van der Waals surface area contributed by atoms with Gasteiger partial charge in [-0.1, -0.05) is 30.3 Å². The van der Waals surface area contributed by atoms with Crippen LogP contribution in [0.4, 0.5) is 0 Å². The number of benzene rings is 2. The first-order valence-corrected chi connectivity index (χ1v) is 11.0. The van der Waals surface area contributed by atoms with Gasteiger partial charge in [0.1, 0.15) is 5.75 Å². The van der Waals surface area contributed by atoms with Gasteiger partial charge in [0, 0.05) is 26.2 Å². The van der Waals surface area contributed by atoms with E-state index >= 15 is 0 Å². The van der Waals surface area contributed by atoms with Crippen LogP contribution in [-0.4, -0.2) is 54.8 Å². The van der Waals surface area contributed by atoms with E-state index in [1.807, 2.05) is 25.1 Å². The second-order valence-electron chi connectivity index (χ2n) is 6.58. The number of halogens is 1. The van der Waals surface area contributed by atoms with Crippen molar-refractivity contribution in [2.45, 2.75) is 12.7 Å². The third kappa shape index (κ3) is 4.51. The Balaban J connectivity index is 1.67. The Morgan fingerprint density at radius 2 is 1.74 bits per heavy atom. The summed E-state index contributed by atoms with van der Waals surface area (Å²) in [6, 6.07) is 12.4. The number of phenolic OH excluding ortho intramolecular Hbond substituents is 1. The number of aryl methyl sites for hydroxylation is 1. The summed E-state index contributed by atoms with van der Waals surface area (Å²) in [7, 11) is -3.43. The van der Waals surface area contributed by atoms with Crippen molar-refractivity contribution in [1.29, 1.82) is 0 Å². The van der Waals surface area contributed by atoms with E-state index in [1.165, 1.54) is 4.31 Å². The van der Waals surface area contributed by atoms with Crippen LogP contribution in [0.15, 0.2) is 46.9 Å². The van der Waals surface area contributed by atoms with Crippen molar-refractivity contribution >= 4 is 31.9 Å². The van der Waals surface area contributed by atoms with Crippen LogP contribution >= 0.6 is 15.9 Å². The van der Waals surface area contributed by atoms with Gasteiger partial charge < -0.3 is 10.0 Å². The number of sulfonamides is 1. The summed E-state index contributed by atoms with van der Waals surface area (Å²) in [5.41, 5.74) is 1.82. The molecule has 144 valence electrons. The largest absolute Gasteiger partial charge is 0.506 e. The van der Waals surface area contributed by atoms with Crippen molar-refractivity contribution in [2.75, 3.05) is 26.2 Å². The minimum absolute atomic E-state index is 0.0482. The van der Waals surface area contributed by atoms with Crippen LogP contribution in [0, 0.1) is 6.92 Å². The standard InChI is InChI=1S/C19H21BrN2O4S/c1-14-11-16(18(23)17(20)12-14)19(24)21-7-9-22(10-8-21)27(25,26)13-15-5-3-2-4-6-15/h2-6,11-12,23H,7-10,13H2,1H3. The molecule has 1 amide bonds. The summed E-state index contributed by atoms with van der Waals surface area (Å²) in [6.45, 7) is 2.91. The fourth-order valence-corrected chi connectivity index (χ4v) is 5.20. The molecule has 0 aliphatic carbocycles. The van der Waals surface area contributed by atoms with Gasteiger partial charge in [-0.2, -0.15) is 4.31 Å². The van der Waals surface area contributed by atoms with Crippen molar-refractivity contribution in [2.24, 2.45) is 0 Å². The molecule has 8 heteroatoms. The Morgan fingerprint density at radius 3 is 2.37 bits per heavy atom. The molecule has 0 saturated carbocycles. The molecular formula is C19H21BrN2O4S. The van der Waals surface area contributed by atoms with Gasteiger partial charge in [-0.25, -0.2) is 8.42 Å². The van der Waals surface area contributed by atoms with Crippen LogP contribution in [0.5, 0.6) is 5.75 Å². The molecule has 0 aromatic heterocycles. The first-order valence-electron chi connectivity index (χ1n) is 8.58. The van der Waals surface area contributed by atoms with Crippen LogP contribution in [0.3, 0.4) is 0 Å². The highest BCUT2D eigenvalue weighted by Crippen LogP contribution is 2.30. The van der Waals surface area contributed by atoms with E-state index in [0.717, 1.165) is 11.1 Å². The van der Waals surface area contributed by atoms with Crippen molar-refractivity contribution in [3.63, 3.8) is 0 Å². The predicted octanol–water partition coefficient (Wildman–Crippen LogP) is 2.75. The smallest absolute Gasteiger partial charge is 0.257 e. The number of piperazine rings is 1. The first-order chi connectivity index (χ1) is 12.8. The Bertz CT molecular complexity index is 940. The highest BCUT2D eigenvalue weighted by atomic mass is 79.9. The van der Waals surface area contributed by atoms with E-state index in [4.69, 9.17) is 0 Å². The van der Waals surface area contributed by atoms with Gasteiger partial charge in [0.25, 0.3) is 5.91 Å². The lowest BCUT2D eigenvalue weighted by Gasteiger charge is -2.34. The summed E-state index contributed by atoms with van der Waals surface area (Å²) >= 11 is 3.25. The Kier molecular flexibility index (Phi) is 5.88. The molecule has 0 radical (unpaired) electrons. The van der Waals surface area contributed by atoms with Gasteiger partial charge in [-0.15, -0.1) is 0 Å². The predicted molar refractivity (Wildman–Crippen MR) is 107 cm³/mol. The van der Waals surface area contributed by atoms with Gasteiger partial charge in [-0.05, 0) is 46.1 Å². The lowest BCUT2D eigenvalue weighted by molar-refractivity contribution is 0.0694. The monoisotopic (exact) mass is 452 g/mol. The SMILES string of the molecule is Cc1cc(Br)c(O)c(C(=O)N2CCN(S(=O)(=O)Cc3ccccc3)CC2)c1. The molecule has 1 heterocycles. The van der Waals surface area contributed by atoms with Crippen LogP contribution < -0.4 is 0 Å². The van der Waals surface area contributed by atoms with Gasteiger partial charge in [0.15, 0.2) is 0 Å². The number of carbonyl (C=O) groups is 1. The summed E-state index contributed by atoms with van der Waals surface area (Å²) in [5.74, 6) is -0.435. The molecule has 6 nitrogen and oxygen atoms in total. The molecule has 1 aliphatic rings. The number of aromatic hydroxyl groups is 1. The molecule has 27 heavy (non-hydrogen) atoms. The van der Waals surface area contributed by atoms with Gasteiger partial charge in [0.2, 0.25) is 10.0 Å². The van der Waals surface area contributed by atoms with Crippen LogP contribution in [0.2, 0.25) is 0 Å². The molecule has 0 atom stereocenters. The van der Waals surface area contributed by atoms with Crippen molar-refractivity contribution in [3.05, 3.63) is 63.6 Å². The van der Waals surface area contributed by atoms with E-state index in [9.17, 15) is 18.3 Å². The molecule has 0 bridgehead atoms. The zero-order valence-electron chi connectivity index (χ0n) is 14.9. The molecule has 1 N–H and O–H groups in total. The van der Waals surface area contributed by atoms with E-state index < -0.39 is 10.0 Å². The minimum atomic E-state index is -3.43. The number of nitrogens with zero attached hydrogens (tertiary/aromatic N) is 2. The summed E-state index contributed by atoms with van der Waals surface area (Å²) in [6.07, 6.45) is 0. The molecule has 3 rings (SSSR count). The molecule has 0 unspecified atom stereocenters. The van der Waals surface area contributed by atoms with E-state index in [2.05, 4.69) is 15.9 Å². The fourth-order valence-electron chi connectivity index (χ4n) is 3.11. The van der Waals surface area contributed by atoms with Gasteiger partial charge in [-0.3, -0.25) is 4.79 Å². The maximum absolute atomic E-state index is 12.7. The van der Waals surface area contributed by atoms with Crippen molar-refractivity contribution in [3.8, 4) is 5.75 Å². The normalized spacial score (nSPS) is 15.7. The van der Waals surface area contributed by atoms with Crippen LogP contribution in [0.1, 0.15) is 21.5 Å². The Morgan fingerprint density at radius 1 is 1.11 bits per heavy atom. The van der Waals surface area contributed by atoms with Crippen LogP contribution in [0.25, 0.3) is 0 Å². The average Bonchev–Trinajstić information content (AvgIpc) is 2.64. The summed E-state index contributed by atoms with van der Waals surface area (Å²) in [4.78, 5) is 14.3. The number of amides is 1. The molecule has 2 aromatic carbocycles. The van der Waals surface area contributed by atoms with Crippen molar-refractivity contribution in [1.82, 2.24) is 9.21 Å². The number of carbonyl (C=O) groups excluding carboxylic acids is 1. The maximum atomic E-state index is 12.7. The zero-order valence-corrected chi connectivity index (χ0v) is 17.3. The molecule has 1 fully saturated rings. The van der Waals surface area contributed by atoms with Crippen LogP contribution in [-0.2, 0) is 15.8 Å². The molecule has 1 aliphatic heterocycles. The molecule has 0 spiro atoms. The van der Waals surface area contributed by atoms with E-state index in [1.54, 1.807) is 29.2 Å². The minimum Gasteiger partial charge on any atom is -0.506 e. The topological polar surface area (TPSA) is 77.9 Å². The maximum Gasteiger partial charge on any atom is 0.257 e. The number of phenols is 1. The highest BCUT2D eigenvalue weighted by molar-refractivity contribution is 9.10. The fraction of sp³-hybridized carbons (Fsp3) is 0.316. The first kappa shape index (κ1) is 19.9. The third-order valence-corrected chi connectivity index (χ3v) is 7.00. The summed E-state index contributed by atoms with van der Waals surface area (Å²) < 4.78 is 27.1. The number of rotatable bonds is 4. The lowest BCUT2D eigenvalue weighted by Crippen LogP contribution is -2.50. The van der Waals surface area contributed by atoms with Gasteiger partial charge in [0.05, 0.1) is 15.8 Å². The number of hydrogen-bond acceptors (Lipinski definition) is 4. The highest BCUT2D eigenvalue weighted by Gasteiger charge is 2.30.